The normalized spacial score (nSPS) is 19.7. The predicted octanol–water partition coefficient (Wildman–Crippen LogP) is 2.75. The van der Waals surface area contributed by atoms with Crippen molar-refractivity contribution in [2.24, 2.45) is 0 Å². The van der Waals surface area contributed by atoms with Crippen molar-refractivity contribution in [1.82, 2.24) is 15.2 Å². The lowest BCUT2D eigenvalue weighted by atomic mass is 9.98. The van der Waals surface area contributed by atoms with Gasteiger partial charge in [-0.1, -0.05) is 12.1 Å². The fraction of sp³-hybridized carbons (Fsp3) is 0.529. The van der Waals surface area contributed by atoms with Crippen LogP contribution >= 0.6 is 0 Å². The lowest BCUT2D eigenvalue weighted by Crippen LogP contribution is -2.48. The Bertz CT molecular complexity index is 637. The SMILES string of the molecule is COC[C@H](C)NC(=O)N1CCC[C@@H](c2nc3ccccc3o2)C1. The molecule has 1 aliphatic rings. The Balaban J connectivity index is 1.66. The van der Waals surface area contributed by atoms with Crippen molar-refractivity contribution in [2.75, 3.05) is 26.8 Å². The molecule has 0 bridgehead atoms. The second kappa shape index (κ2) is 7.00. The molecule has 124 valence electrons. The van der Waals surface area contributed by atoms with Crippen LogP contribution in [0.4, 0.5) is 4.79 Å². The van der Waals surface area contributed by atoms with Gasteiger partial charge in [-0.3, -0.25) is 0 Å². The van der Waals surface area contributed by atoms with E-state index >= 15 is 0 Å². The summed E-state index contributed by atoms with van der Waals surface area (Å²) in [6, 6.07) is 7.71. The Kier molecular flexibility index (Phi) is 4.81. The van der Waals surface area contributed by atoms with Crippen LogP contribution in [0.1, 0.15) is 31.6 Å². The van der Waals surface area contributed by atoms with Gasteiger partial charge in [0.1, 0.15) is 5.52 Å². The van der Waals surface area contributed by atoms with Gasteiger partial charge in [0.25, 0.3) is 0 Å². The highest BCUT2D eigenvalue weighted by Gasteiger charge is 2.28. The minimum absolute atomic E-state index is 0.00259. The Morgan fingerprint density at radius 3 is 3.13 bits per heavy atom. The number of rotatable bonds is 4. The first-order valence-corrected chi connectivity index (χ1v) is 8.07. The molecule has 2 aromatic rings. The quantitative estimate of drug-likeness (QED) is 0.941. The maximum atomic E-state index is 12.3. The highest BCUT2D eigenvalue weighted by molar-refractivity contribution is 5.75. The molecule has 0 spiro atoms. The van der Waals surface area contributed by atoms with Gasteiger partial charge in [-0.15, -0.1) is 0 Å². The topological polar surface area (TPSA) is 67.6 Å². The number of oxazole rings is 1. The molecule has 0 unspecified atom stereocenters. The summed E-state index contributed by atoms with van der Waals surface area (Å²) in [4.78, 5) is 18.8. The number of ether oxygens (including phenoxy) is 1. The smallest absolute Gasteiger partial charge is 0.317 e. The summed E-state index contributed by atoms with van der Waals surface area (Å²) in [5.41, 5.74) is 1.68. The highest BCUT2D eigenvalue weighted by Crippen LogP contribution is 2.28. The zero-order valence-corrected chi connectivity index (χ0v) is 13.6. The average Bonchev–Trinajstić information content (AvgIpc) is 2.99. The molecule has 6 nitrogen and oxygen atoms in total. The maximum Gasteiger partial charge on any atom is 0.317 e. The van der Waals surface area contributed by atoms with Gasteiger partial charge >= 0.3 is 6.03 Å². The summed E-state index contributed by atoms with van der Waals surface area (Å²) in [7, 11) is 1.63. The number of amides is 2. The number of likely N-dealkylation sites (tertiary alicyclic amines) is 1. The molecule has 3 rings (SSSR count). The number of fused-ring (bicyclic) bond motifs is 1. The number of urea groups is 1. The molecule has 23 heavy (non-hydrogen) atoms. The largest absolute Gasteiger partial charge is 0.440 e. The van der Waals surface area contributed by atoms with Crippen LogP contribution in [0.25, 0.3) is 11.1 Å². The van der Waals surface area contributed by atoms with E-state index in [1.54, 1.807) is 7.11 Å². The molecule has 1 N–H and O–H groups in total. The lowest BCUT2D eigenvalue weighted by molar-refractivity contribution is 0.150. The van der Waals surface area contributed by atoms with Crippen molar-refractivity contribution in [3.05, 3.63) is 30.2 Å². The van der Waals surface area contributed by atoms with Crippen molar-refractivity contribution in [3.63, 3.8) is 0 Å². The molecule has 0 radical (unpaired) electrons. The minimum atomic E-state index is -0.0460. The molecular formula is C17H23N3O3. The second-order valence-electron chi connectivity index (χ2n) is 6.11. The summed E-state index contributed by atoms with van der Waals surface area (Å²) in [6.07, 6.45) is 1.94. The molecule has 1 aromatic heterocycles. The van der Waals surface area contributed by atoms with Gasteiger partial charge in [-0.05, 0) is 31.9 Å². The van der Waals surface area contributed by atoms with Crippen molar-refractivity contribution in [2.45, 2.75) is 31.7 Å². The van der Waals surface area contributed by atoms with Gasteiger partial charge in [-0.25, -0.2) is 9.78 Å². The fourth-order valence-corrected chi connectivity index (χ4v) is 3.02. The van der Waals surface area contributed by atoms with E-state index in [2.05, 4.69) is 10.3 Å². The summed E-state index contributed by atoms with van der Waals surface area (Å²) >= 11 is 0. The first-order chi connectivity index (χ1) is 11.2. The van der Waals surface area contributed by atoms with Crippen molar-refractivity contribution < 1.29 is 13.9 Å². The van der Waals surface area contributed by atoms with Crippen LogP contribution in [0.15, 0.2) is 28.7 Å². The highest BCUT2D eigenvalue weighted by atomic mass is 16.5. The number of methoxy groups -OCH3 is 1. The van der Waals surface area contributed by atoms with E-state index in [9.17, 15) is 4.79 Å². The molecule has 1 saturated heterocycles. The number of hydrogen-bond donors (Lipinski definition) is 1. The molecule has 0 saturated carbocycles. The van der Waals surface area contributed by atoms with Crippen LogP contribution in [0.5, 0.6) is 0 Å². The van der Waals surface area contributed by atoms with Crippen LogP contribution in [0, 0.1) is 0 Å². The molecule has 1 aromatic carbocycles. The van der Waals surface area contributed by atoms with E-state index in [1.807, 2.05) is 36.1 Å². The molecule has 2 atom stereocenters. The Hall–Kier alpha value is -2.08. The van der Waals surface area contributed by atoms with E-state index in [0.29, 0.717) is 13.2 Å². The number of carbonyl (C=O) groups is 1. The summed E-state index contributed by atoms with van der Waals surface area (Å²) in [6.45, 7) is 3.85. The number of piperidine rings is 1. The third-order valence-corrected chi connectivity index (χ3v) is 4.15. The Morgan fingerprint density at radius 1 is 1.52 bits per heavy atom. The summed E-state index contributed by atoms with van der Waals surface area (Å²) in [5, 5.41) is 2.96. The number of aromatic nitrogens is 1. The van der Waals surface area contributed by atoms with Gasteiger partial charge < -0.3 is 19.4 Å². The van der Waals surface area contributed by atoms with Gasteiger partial charge in [0.05, 0.1) is 18.6 Å². The maximum absolute atomic E-state index is 12.3. The van der Waals surface area contributed by atoms with Gasteiger partial charge in [0, 0.05) is 20.2 Å². The van der Waals surface area contributed by atoms with Gasteiger partial charge in [0.15, 0.2) is 11.5 Å². The van der Waals surface area contributed by atoms with Gasteiger partial charge in [0.2, 0.25) is 0 Å². The standard InChI is InChI=1S/C17H23N3O3/c1-12(11-22-2)18-17(21)20-9-5-6-13(10-20)16-19-14-7-3-4-8-15(14)23-16/h3-4,7-8,12-13H,5-6,9-11H2,1-2H3,(H,18,21)/t12-,13+/m0/s1. The molecule has 2 heterocycles. The Labute approximate surface area is 135 Å². The predicted molar refractivity (Wildman–Crippen MR) is 87.4 cm³/mol. The van der Waals surface area contributed by atoms with Crippen LogP contribution in [0.3, 0.4) is 0 Å². The minimum Gasteiger partial charge on any atom is -0.440 e. The van der Waals surface area contributed by atoms with E-state index in [0.717, 1.165) is 36.4 Å². The average molecular weight is 317 g/mol. The second-order valence-corrected chi connectivity index (χ2v) is 6.11. The van der Waals surface area contributed by atoms with Crippen molar-refractivity contribution in [3.8, 4) is 0 Å². The third kappa shape index (κ3) is 3.64. The molecule has 1 aliphatic heterocycles. The number of benzene rings is 1. The molecule has 2 amide bonds. The molecule has 1 fully saturated rings. The zero-order valence-electron chi connectivity index (χ0n) is 13.6. The summed E-state index contributed by atoms with van der Waals surface area (Å²) < 4.78 is 10.9. The number of hydrogen-bond acceptors (Lipinski definition) is 4. The first-order valence-electron chi connectivity index (χ1n) is 8.07. The van der Waals surface area contributed by atoms with Crippen LogP contribution < -0.4 is 5.32 Å². The van der Waals surface area contributed by atoms with E-state index in [1.165, 1.54) is 0 Å². The third-order valence-electron chi connectivity index (χ3n) is 4.15. The first kappa shape index (κ1) is 15.8. The number of nitrogens with one attached hydrogen (secondary N) is 1. The van der Waals surface area contributed by atoms with E-state index in [-0.39, 0.29) is 18.0 Å². The number of carbonyl (C=O) groups excluding carboxylic acids is 1. The van der Waals surface area contributed by atoms with Gasteiger partial charge in [-0.2, -0.15) is 0 Å². The monoisotopic (exact) mass is 317 g/mol. The molecule has 0 aliphatic carbocycles. The van der Waals surface area contributed by atoms with Crippen LogP contribution in [-0.4, -0.2) is 48.8 Å². The lowest BCUT2D eigenvalue weighted by Gasteiger charge is -2.32. The molecule has 6 heteroatoms. The molecular weight excluding hydrogens is 294 g/mol. The summed E-state index contributed by atoms with van der Waals surface area (Å²) in [5.74, 6) is 0.883. The fourth-order valence-electron chi connectivity index (χ4n) is 3.02. The Morgan fingerprint density at radius 2 is 2.35 bits per heavy atom. The van der Waals surface area contributed by atoms with Crippen molar-refractivity contribution >= 4 is 17.1 Å². The van der Waals surface area contributed by atoms with Crippen LogP contribution in [0.2, 0.25) is 0 Å². The van der Waals surface area contributed by atoms with E-state index in [4.69, 9.17) is 9.15 Å². The number of nitrogens with zero attached hydrogens (tertiary/aromatic N) is 2. The van der Waals surface area contributed by atoms with Crippen LogP contribution in [-0.2, 0) is 4.74 Å². The van der Waals surface area contributed by atoms with Crippen molar-refractivity contribution in [1.29, 1.82) is 0 Å². The zero-order chi connectivity index (χ0) is 16.2. The number of para-hydroxylation sites is 2. The van der Waals surface area contributed by atoms with E-state index < -0.39 is 0 Å².